The molecular formula is C17H18FNO2. The monoisotopic (exact) mass is 287 g/mol. The Balaban J connectivity index is 2.13. The van der Waals surface area contributed by atoms with E-state index in [2.05, 4.69) is 5.32 Å². The van der Waals surface area contributed by atoms with Crippen molar-refractivity contribution >= 4 is 11.7 Å². The van der Waals surface area contributed by atoms with Crippen LogP contribution in [0.5, 0.6) is 0 Å². The third kappa shape index (κ3) is 3.81. The SMILES string of the molecule is CC(CCc1ccccc1)(Nc1ccccc1F)C(=O)O. The van der Waals surface area contributed by atoms with Gasteiger partial charge in [-0.15, -0.1) is 0 Å². The second kappa shape index (κ2) is 6.39. The number of carboxylic acids is 1. The highest BCUT2D eigenvalue weighted by Crippen LogP contribution is 2.23. The summed E-state index contributed by atoms with van der Waals surface area (Å²) in [6, 6.07) is 15.7. The van der Waals surface area contributed by atoms with Gasteiger partial charge < -0.3 is 10.4 Å². The van der Waals surface area contributed by atoms with Gasteiger partial charge in [0.2, 0.25) is 0 Å². The maximum Gasteiger partial charge on any atom is 0.329 e. The Kier molecular flexibility index (Phi) is 4.58. The number of carbonyl (C=O) groups is 1. The number of benzene rings is 2. The zero-order valence-corrected chi connectivity index (χ0v) is 11.8. The van der Waals surface area contributed by atoms with E-state index in [9.17, 15) is 14.3 Å². The summed E-state index contributed by atoms with van der Waals surface area (Å²) in [5.74, 6) is -1.45. The first-order chi connectivity index (χ1) is 10.0. The number of nitrogens with one attached hydrogen (secondary N) is 1. The normalized spacial score (nSPS) is 13.4. The summed E-state index contributed by atoms with van der Waals surface area (Å²) in [6.07, 6.45) is 0.964. The molecule has 2 aromatic rings. The molecule has 21 heavy (non-hydrogen) atoms. The molecule has 0 saturated carbocycles. The van der Waals surface area contributed by atoms with Crippen LogP contribution >= 0.6 is 0 Å². The van der Waals surface area contributed by atoms with Gasteiger partial charge in [0, 0.05) is 0 Å². The van der Waals surface area contributed by atoms with Crippen LogP contribution in [0.15, 0.2) is 54.6 Å². The largest absolute Gasteiger partial charge is 0.480 e. The Morgan fingerprint density at radius 3 is 2.38 bits per heavy atom. The van der Waals surface area contributed by atoms with Gasteiger partial charge in [-0.25, -0.2) is 9.18 Å². The minimum Gasteiger partial charge on any atom is -0.480 e. The van der Waals surface area contributed by atoms with Crippen molar-refractivity contribution in [3.8, 4) is 0 Å². The van der Waals surface area contributed by atoms with Crippen LogP contribution in [0.3, 0.4) is 0 Å². The zero-order valence-electron chi connectivity index (χ0n) is 11.8. The van der Waals surface area contributed by atoms with Crippen LogP contribution in [-0.4, -0.2) is 16.6 Å². The minimum atomic E-state index is -1.22. The van der Waals surface area contributed by atoms with Crippen molar-refractivity contribution in [1.29, 1.82) is 0 Å². The molecule has 0 radical (unpaired) electrons. The van der Waals surface area contributed by atoms with Crippen molar-refractivity contribution in [2.24, 2.45) is 0 Å². The fourth-order valence-corrected chi connectivity index (χ4v) is 2.12. The van der Waals surface area contributed by atoms with Gasteiger partial charge in [-0.05, 0) is 37.5 Å². The van der Waals surface area contributed by atoms with E-state index in [-0.39, 0.29) is 5.69 Å². The van der Waals surface area contributed by atoms with Gasteiger partial charge >= 0.3 is 5.97 Å². The van der Waals surface area contributed by atoms with E-state index in [1.807, 2.05) is 30.3 Å². The third-order valence-electron chi connectivity index (χ3n) is 3.51. The summed E-state index contributed by atoms with van der Waals surface area (Å²) in [4.78, 5) is 11.6. The number of aliphatic carboxylic acids is 1. The molecule has 3 nitrogen and oxygen atoms in total. The molecule has 2 aromatic carbocycles. The van der Waals surface area contributed by atoms with Gasteiger partial charge in [-0.1, -0.05) is 42.5 Å². The lowest BCUT2D eigenvalue weighted by Gasteiger charge is -2.27. The number of para-hydroxylation sites is 1. The van der Waals surface area contributed by atoms with Crippen LogP contribution in [0.2, 0.25) is 0 Å². The van der Waals surface area contributed by atoms with Gasteiger partial charge in [-0.3, -0.25) is 0 Å². The first kappa shape index (κ1) is 15.0. The van der Waals surface area contributed by atoms with Gasteiger partial charge in [0.1, 0.15) is 11.4 Å². The van der Waals surface area contributed by atoms with Gasteiger partial charge in [-0.2, -0.15) is 0 Å². The predicted molar refractivity (Wildman–Crippen MR) is 80.8 cm³/mol. The molecule has 0 saturated heterocycles. The highest BCUT2D eigenvalue weighted by Gasteiger charge is 2.33. The van der Waals surface area contributed by atoms with Gasteiger partial charge in [0.05, 0.1) is 5.69 Å². The molecule has 1 unspecified atom stereocenters. The van der Waals surface area contributed by atoms with Crippen LogP contribution in [0, 0.1) is 5.82 Å². The Hall–Kier alpha value is -2.36. The minimum absolute atomic E-state index is 0.204. The topological polar surface area (TPSA) is 49.3 Å². The van der Waals surface area contributed by atoms with Crippen molar-refractivity contribution in [2.75, 3.05) is 5.32 Å². The number of aryl methyl sites for hydroxylation is 1. The smallest absolute Gasteiger partial charge is 0.329 e. The summed E-state index contributed by atoms with van der Waals surface area (Å²) >= 11 is 0. The van der Waals surface area contributed by atoms with Gasteiger partial charge in [0.25, 0.3) is 0 Å². The number of rotatable bonds is 6. The molecule has 0 aliphatic heterocycles. The van der Waals surface area contributed by atoms with Crippen molar-refractivity contribution in [3.63, 3.8) is 0 Å². The van der Waals surface area contributed by atoms with E-state index in [1.54, 1.807) is 25.1 Å². The molecule has 110 valence electrons. The number of anilines is 1. The molecular weight excluding hydrogens is 269 g/mol. The van der Waals surface area contributed by atoms with E-state index in [4.69, 9.17) is 0 Å². The van der Waals surface area contributed by atoms with Crippen molar-refractivity contribution in [3.05, 3.63) is 66.0 Å². The first-order valence-electron chi connectivity index (χ1n) is 6.81. The van der Waals surface area contributed by atoms with E-state index >= 15 is 0 Å². The quantitative estimate of drug-likeness (QED) is 0.851. The Morgan fingerprint density at radius 1 is 1.14 bits per heavy atom. The lowest BCUT2D eigenvalue weighted by atomic mass is 9.93. The molecule has 0 bridgehead atoms. The fourth-order valence-electron chi connectivity index (χ4n) is 2.12. The summed E-state index contributed by atoms with van der Waals surface area (Å²) in [5.41, 5.74) is 0.0358. The maximum absolute atomic E-state index is 13.7. The predicted octanol–water partition coefficient (Wildman–Crippen LogP) is 3.71. The van der Waals surface area contributed by atoms with E-state index in [0.29, 0.717) is 12.8 Å². The van der Waals surface area contributed by atoms with Gasteiger partial charge in [0.15, 0.2) is 0 Å². The number of hydrogen-bond donors (Lipinski definition) is 2. The third-order valence-corrected chi connectivity index (χ3v) is 3.51. The molecule has 1 atom stereocenters. The summed E-state index contributed by atoms with van der Waals surface area (Å²) in [5, 5.41) is 12.3. The van der Waals surface area contributed by atoms with Crippen molar-refractivity contribution < 1.29 is 14.3 Å². The lowest BCUT2D eigenvalue weighted by Crippen LogP contribution is -2.44. The molecule has 0 aromatic heterocycles. The second-order valence-corrected chi connectivity index (χ2v) is 5.23. The molecule has 0 heterocycles. The maximum atomic E-state index is 13.7. The molecule has 0 aliphatic rings. The van der Waals surface area contributed by atoms with E-state index < -0.39 is 17.3 Å². The number of carboxylic acid groups (broad SMARTS) is 1. The first-order valence-corrected chi connectivity index (χ1v) is 6.81. The molecule has 2 rings (SSSR count). The van der Waals surface area contributed by atoms with Crippen LogP contribution in [0.4, 0.5) is 10.1 Å². The standard InChI is InChI=1S/C17H18FNO2/c1-17(16(20)21,12-11-13-7-3-2-4-8-13)19-15-10-6-5-9-14(15)18/h2-10,19H,11-12H2,1H3,(H,20,21). The lowest BCUT2D eigenvalue weighted by molar-refractivity contribution is -0.141. The van der Waals surface area contributed by atoms with Crippen LogP contribution < -0.4 is 5.32 Å². The molecule has 4 heteroatoms. The van der Waals surface area contributed by atoms with Crippen LogP contribution in [0.1, 0.15) is 18.9 Å². The molecule has 0 aliphatic carbocycles. The zero-order chi connectivity index (χ0) is 15.3. The van der Waals surface area contributed by atoms with Crippen molar-refractivity contribution in [2.45, 2.75) is 25.3 Å². The van der Waals surface area contributed by atoms with E-state index in [1.165, 1.54) is 6.07 Å². The summed E-state index contributed by atoms with van der Waals surface area (Å²) in [6.45, 7) is 1.57. The number of hydrogen-bond acceptors (Lipinski definition) is 2. The number of halogens is 1. The average molecular weight is 287 g/mol. The summed E-state index contributed by atoms with van der Waals surface area (Å²) in [7, 11) is 0. The Bertz CT molecular complexity index is 615. The molecule has 0 amide bonds. The Morgan fingerprint density at radius 2 is 1.76 bits per heavy atom. The molecule has 2 N–H and O–H groups in total. The second-order valence-electron chi connectivity index (χ2n) is 5.23. The fraction of sp³-hybridized carbons (Fsp3) is 0.235. The average Bonchev–Trinajstić information content (AvgIpc) is 2.48. The Labute approximate surface area is 123 Å². The highest BCUT2D eigenvalue weighted by atomic mass is 19.1. The van der Waals surface area contributed by atoms with E-state index in [0.717, 1.165) is 5.56 Å². The molecule has 0 spiro atoms. The molecule has 0 fully saturated rings. The highest BCUT2D eigenvalue weighted by molar-refractivity contribution is 5.82. The van der Waals surface area contributed by atoms with Crippen molar-refractivity contribution in [1.82, 2.24) is 0 Å². The summed E-state index contributed by atoms with van der Waals surface area (Å²) < 4.78 is 13.7. The van der Waals surface area contributed by atoms with Crippen LogP contribution in [-0.2, 0) is 11.2 Å². The van der Waals surface area contributed by atoms with Crippen LogP contribution in [0.25, 0.3) is 0 Å².